The van der Waals surface area contributed by atoms with Crippen LogP contribution in [0.2, 0.25) is 0 Å². The first kappa shape index (κ1) is 18.6. The fourth-order valence-electron chi connectivity index (χ4n) is 1.78. The first-order valence-electron chi connectivity index (χ1n) is 7.46. The SMILES string of the molecule is COc1ccccc1C(=O)NN(C(=O)C#CC(C)C)C(C)(C)C. The number of methoxy groups -OCH3 is 1. The van der Waals surface area contributed by atoms with Crippen molar-refractivity contribution >= 4 is 11.8 Å². The molecule has 0 radical (unpaired) electrons. The van der Waals surface area contributed by atoms with E-state index >= 15 is 0 Å². The fourth-order valence-corrected chi connectivity index (χ4v) is 1.78. The molecule has 0 spiro atoms. The van der Waals surface area contributed by atoms with E-state index in [1.165, 1.54) is 12.1 Å². The summed E-state index contributed by atoms with van der Waals surface area (Å²) in [6.45, 7) is 9.27. The molecule has 0 bridgehead atoms. The van der Waals surface area contributed by atoms with Crippen molar-refractivity contribution < 1.29 is 14.3 Å². The zero-order valence-corrected chi connectivity index (χ0v) is 14.6. The third-order valence-electron chi connectivity index (χ3n) is 2.91. The third kappa shape index (κ3) is 5.33. The van der Waals surface area contributed by atoms with Gasteiger partial charge in [0.15, 0.2) is 0 Å². The van der Waals surface area contributed by atoms with Crippen LogP contribution in [0, 0.1) is 17.8 Å². The number of carbonyl (C=O) groups excluding carboxylic acids is 2. The van der Waals surface area contributed by atoms with E-state index in [1.54, 1.807) is 24.3 Å². The van der Waals surface area contributed by atoms with Crippen LogP contribution in [-0.4, -0.2) is 29.5 Å². The third-order valence-corrected chi connectivity index (χ3v) is 2.91. The number of hydrazine groups is 1. The average Bonchev–Trinajstić information content (AvgIpc) is 2.48. The number of nitrogens with zero attached hydrogens (tertiary/aromatic N) is 1. The summed E-state index contributed by atoms with van der Waals surface area (Å²) in [5.41, 5.74) is 2.38. The van der Waals surface area contributed by atoms with Gasteiger partial charge in [0.2, 0.25) is 0 Å². The van der Waals surface area contributed by atoms with Gasteiger partial charge in [-0.1, -0.05) is 31.9 Å². The van der Waals surface area contributed by atoms with Crippen molar-refractivity contribution in [3.05, 3.63) is 29.8 Å². The number of hydrogen-bond donors (Lipinski definition) is 1. The van der Waals surface area contributed by atoms with Crippen molar-refractivity contribution in [3.63, 3.8) is 0 Å². The summed E-state index contributed by atoms with van der Waals surface area (Å²) in [6.07, 6.45) is 0. The Labute approximate surface area is 138 Å². The van der Waals surface area contributed by atoms with E-state index in [9.17, 15) is 9.59 Å². The van der Waals surface area contributed by atoms with Crippen molar-refractivity contribution in [2.75, 3.05) is 7.11 Å². The smallest absolute Gasteiger partial charge is 0.317 e. The Kier molecular flexibility index (Phi) is 6.20. The predicted octanol–water partition coefficient (Wildman–Crippen LogP) is 2.63. The molecule has 124 valence electrons. The molecule has 0 aliphatic rings. The molecular weight excluding hydrogens is 292 g/mol. The molecule has 0 aliphatic carbocycles. The second-order valence-corrected chi connectivity index (χ2v) is 6.38. The second-order valence-electron chi connectivity index (χ2n) is 6.38. The number of amides is 2. The quantitative estimate of drug-likeness (QED) is 0.674. The second kappa shape index (κ2) is 7.68. The summed E-state index contributed by atoms with van der Waals surface area (Å²) in [5.74, 6) is 5.03. The molecular formula is C18H24N2O3. The van der Waals surface area contributed by atoms with E-state index in [-0.39, 0.29) is 5.92 Å². The van der Waals surface area contributed by atoms with Crippen molar-refractivity contribution in [2.45, 2.75) is 40.2 Å². The Balaban J connectivity index is 3.05. The van der Waals surface area contributed by atoms with Crippen molar-refractivity contribution in [1.82, 2.24) is 10.4 Å². The fraction of sp³-hybridized carbons (Fsp3) is 0.444. The number of benzene rings is 1. The predicted molar refractivity (Wildman–Crippen MR) is 89.7 cm³/mol. The summed E-state index contributed by atoms with van der Waals surface area (Å²) in [6, 6.07) is 6.84. The molecule has 0 saturated carbocycles. The van der Waals surface area contributed by atoms with Gasteiger partial charge in [-0.15, -0.1) is 0 Å². The van der Waals surface area contributed by atoms with Crippen molar-refractivity contribution in [2.24, 2.45) is 5.92 Å². The van der Waals surface area contributed by atoms with Crippen molar-refractivity contribution in [1.29, 1.82) is 0 Å². The monoisotopic (exact) mass is 316 g/mol. The Morgan fingerprint density at radius 2 is 1.83 bits per heavy atom. The minimum absolute atomic E-state index is 0.0747. The standard InChI is InChI=1S/C18H24N2O3/c1-13(2)11-12-16(21)20(18(3,4)5)19-17(22)14-9-7-8-10-15(14)23-6/h7-10,13H,1-6H3,(H,19,22). The Morgan fingerprint density at radius 3 is 2.35 bits per heavy atom. The van der Waals surface area contributed by atoms with Gasteiger partial charge in [-0.05, 0) is 38.8 Å². The maximum atomic E-state index is 12.5. The summed E-state index contributed by atoms with van der Waals surface area (Å²) in [5, 5.41) is 1.25. The van der Waals surface area contributed by atoms with E-state index in [4.69, 9.17) is 4.74 Å². The Morgan fingerprint density at radius 1 is 1.22 bits per heavy atom. The Hall–Kier alpha value is -2.48. The van der Waals surface area contributed by atoms with E-state index in [2.05, 4.69) is 17.3 Å². The highest BCUT2D eigenvalue weighted by atomic mass is 16.5. The maximum absolute atomic E-state index is 12.5. The van der Waals surface area contributed by atoms with Gasteiger partial charge in [0.25, 0.3) is 5.91 Å². The number of rotatable bonds is 2. The first-order chi connectivity index (χ1) is 10.7. The van der Waals surface area contributed by atoms with Crippen LogP contribution < -0.4 is 10.2 Å². The van der Waals surface area contributed by atoms with E-state index < -0.39 is 17.4 Å². The molecule has 5 heteroatoms. The van der Waals surface area contributed by atoms with Crippen LogP contribution in [0.25, 0.3) is 0 Å². The molecule has 0 fully saturated rings. The van der Waals surface area contributed by atoms with Crippen LogP contribution in [0.4, 0.5) is 0 Å². The van der Waals surface area contributed by atoms with Crippen LogP contribution >= 0.6 is 0 Å². The van der Waals surface area contributed by atoms with Gasteiger partial charge in [0.1, 0.15) is 5.75 Å². The molecule has 23 heavy (non-hydrogen) atoms. The van der Waals surface area contributed by atoms with Gasteiger partial charge in [-0.25, -0.2) is 5.01 Å². The molecule has 0 saturated heterocycles. The van der Waals surface area contributed by atoms with Crippen LogP contribution in [0.15, 0.2) is 24.3 Å². The highest BCUT2D eigenvalue weighted by Gasteiger charge is 2.28. The number of carbonyl (C=O) groups is 2. The summed E-state index contributed by atoms with van der Waals surface area (Å²) < 4.78 is 5.18. The molecule has 0 unspecified atom stereocenters. The molecule has 0 atom stereocenters. The molecule has 1 aromatic rings. The molecule has 1 rings (SSSR count). The van der Waals surface area contributed by atoms with Gasteiger partial charge in [0, 0.05) is 5.92 Å². The van der Waals surface area contributed by atoms with Gasteiger partial charge in [-0.2, -0.15) is 0 Å². The molecule has 0 aromatic heterocycles. The minimum atomic E-state index is -0.611. The summed E-state index contributed by atoms with van der Waals surface area (Å²) >= 11 is 0. The summed E-state index contributed by atoms with van der Waals surface area (Å²) in [4.78, 5) is 24.8. The normalized spacial score (nSPS) is 10.6. The molecule has 0 heterocycles. The highest BCUT2D eigenvalue weighted by Crippen LogP contribution is 2.18. The lowest BCUT2D eigenvalue weighted by atomic mass is 10.1. The van der Waals surface area contributed by atoms with Crippen molar-refractivity contribution in [3.8, 4) is 17.6 Å². The van der Waals surface area contributed by atoms with Crippen LogP contribution in [0.1, 0.15) is 45.0 Å². The van der Waals surface area contributed by atoms with Crippen LogP contribution in [0.3, 0.4) is 0 Å². The molecule has 1 aromatic carbocycles. The highest BCUT2D eigenvalue weighted by molar-refractivity contribution is 6.00. The molecule has 0 aliphatic heterocycles. The van der Waals surface area contributed by atoms with Gasteiger partial charge in [-0.3, -0.25) is 15.0 Å². The lowest BCUT2D eigenvalue weighted by Crippen LogP contribution is -2.55. The van der Waals surface area contributed by atoms with Crippen LogP contribution in [-0.2, 0) is 4.79 Å². The first-order valence-corrected chi connectivity index (χ1v) is 7.46. The zero-order valence-electron chi connectivity index (χ0n) is 14.6. The number of nitrogens with one attached hydrogen (secondary N) is 1. The largest absolute Gasteiger partial charge is 0.496 e. The Bertz CT molecular complexity index is 634. The maximum Gasteiger partial charge on any atom is 0.317 e. The lowest BCUT2D eigenvalue weighted by Gasteiger charge is -2.34. The van der Waals surface area contributed by atoms with Gasteiger partial charge in [0.05, 0.1) is 18.2 Å². The topological polar surface area (TPSA) is 58.6 Å². The number of hydrogen-bond acceptors (Lipinski definition) is 3. The van der Waals surface area contributed by atoms with E-state index in [0.29, 0.717) is 11.3 Å². The average molecular weight is 316 g/mol. The molecule has 5 nitrogen and oxygen atoms in total. The zero-order chi connectivity index (χ0) is 17.6. The summed E-state index contributed by atoms with van der Waals surface area (Å²) in [7, 11) is 1.49. The number of para-hydroxylation sites is 1. The molecule has 1 N–H and O–H groups in total. The van der Waals surface area contributed by atoms with Gasteiger partial charge < -0.3 is 4.74 Å². The molecule has 2 amide bonds. The van der Waals surface area contributed by atoms with E-state index in [1.807, 2.05) is 34.6 Å². The van der Waals surface area contributed by atoms with Gasteiger partial charge >= 0.3 is 5.91 Å². The lowest BCUT2D eigenvalue weighted by molar-refractivity contribution is -0.132. The minimum Gasteiger partial charge on any atom is -0.496 e. The number of ether oxygens (including phenoxy) is 1. The van der Waals surface area contributed by atoms with E-state index in [0.717, 1.165) is 0 Å². The van der Waals surface area contributed by atoms with Crippen LogP contribution in [0.5, 0.6) is 5.75 Å².